The summed E-state index contributed by atoms with van der Waals surface area (Å²) in [6.45, 7) is 0. The fourth-order valence-corrected chi connectivity index (χ4v) is 3.22. The molecule has 0 aliphatic carbocycles. The van der Waals surface area contributed by atoms with Gasteiger partial charge in [0.25, 0.3) is 0 Å². The van der Waals surface area contributed by atoms with Crippen molar-refractivity contribution in [3.05, 3.63) is 52.5 Å². The fraction of sp³-hybridized carbons (Fsp3) is 0.250. The average Bonchev–Trinajstić information content (AvgIpc) is 2.53. The van der Waals surface area contributed by atoms with Crippen molar-refractivity contribution in [2.45, 2.75) is 4.83 Å². The Hall–Kier alpha value is -1.39. The molecule has 0 heterocycles. The highest BCUT2D eigenvalue weighted by Crippen LogP contribution is 2.41. The Bertz CT molecular complexity index is 631. The highest BCUT2D eigenvalue weighted by Gasteiger charge is 2.19. The van der Waals surface area contributed by atoms with E-state index >= 15 is 0 Å². The maximum absolute atomic E-state index is 6.33. The lowest BCUT2D eigenvalue weighted by atomic mass is 10.0. The topological polar surface area (TPSA) is 27.7 Å². The van der Waals surface area contributed by atoms with E-state index in [-0.39, 0.29) is 4.83 Å². The van der Waals surface area contributed by atoms with E-state index in [0.29, 0.717) is 5.02 Å². The molecule has 0 N–H and O–H groups in total. The summed E-state index contributed by atoms with van der Waals surface area (Å²) in [5, 5.41) is 0.633. The number of hydrogen-bond donors (Lipinski definition) is 0. The molecular formula is C16H16BrClO3. The molecule has 2 aromatic rings. The largest absolute Gasteiger partial charge is 0.497 e. The molecule has 0 aromatic heterocycles. The Morgan fingerprint density at radius 2 is 1.43 bits per heavy atom. The van der Waals surface area contributed by atoms with Gasteiger partial charge in [-0.1, -0.05) is 39.7 Å². The van der Waals surface area contributed by atoms with Crippen LogP contribution in [-0.4, -0.2) is 21.3 Å². The monoisotopic (exact) mass is 370 g/mol. The molecule has 2 aromatic carbocycles. The number of ether oxygens (including phenoxy) is 3. The first-order valence-electron chi connectivity index (χ1n) is 6.30. The number of alkyl halides is 1. The van der Waals surface area contributed by atoms with Crippen molar-refractivity contribution in [3.8, 4) is 17.2 Å². The molecule has 0 fully saturated rings. The Kier molecular flexibility index (Phi) is 5.37. The summed E-state index contributed by atoms with van der Waals surface area (Å²) >= 11 is 10.0. The molecule has 0 amide bonds. The minimum atomic E-state index is -0.0863. The third-order valence-corrected chi connectivity index (χ3v) is 4.51. The van der Waals surface area contributed by atoms with Gasteiger partial charge in [-0.15, -0.1) is 0 Å². The van der Waals surface area contributed by atoms with Crippen LogP contribution in [-0.2, 0) is 0 Å². The molecule has 1 atom stereocenters. The van der Waals surface area contributed by atoms with Gasteiger partial charge in [-0.05, 0) is 23.8 Å². The predicted molar refractivity (Wildman–Crippen MR) is 88.3 cm³/mol. The molecule has 112 valence electrons. The molecule has 0 radical (unpaired) electrons. The summed E-state index contributed by atoms with van der Waals surface area (Å²) in [7, 11) is 4.87. The van der Waals surface area contributed by atoms with E-state index in [1.165, 1.54) is 0 Å². The van der Waals surface area contributed by atoms with E-state index in [0.717, 1.165) is 28.4 Å². The summed E-state index contributed by atoms with van der Waals surface area (Å²) in [6.07, 6.45) is 0. The van der Waals surface area contributed by atoms with Crippen molar-refractivity contribution in [1.82, 2.24) is 0 Å². The SMILES string of the molecule is COc1ccc(C(Br)c2ccc(OC)cc2OC)c(Cl)c1. The van der Waals surface area contributed by atoms with E-state index in [4.69, 9.17) is 25.8 Å². The summed E-state index contributed by atoms with van der Waals surface area (Å²) < 4.78 is 15.8. The van der Waals surface area contributed by atoms with Crippen molar-refractivity contribution in [1.29, 1.82) is 0 Å². The van der Waals surface area contributed by atoms with Crippen LogP contribution < -0.4 is 14.2 Å². The van der Waals surface area contributed by atoms with Gasteiger partial charge in [-0.25, -0.2) is 0 Å². The molecular weight excluding hydrogens is 356 g/mol. The maximum atomic E-state index is 6.33. The zero-order valence-electron chi connectivity index (χ0n) is 12.0. The first-order valence-corrected chi connectivity index (χ1v) is 7.59. The minimum Gasteiger partial charge on any atom is -0.497 e. The van der Waals surface area contributed by atoms with Crippen LogP contribution in [0.4, 0.5) is 0 Å². The molecule has 0 saturated heterocycles. The van der Waals surface area contributed by atoms with E-state index in [1.54, 1.807) is 27.4 Å². The van der Waals surface area contributed by atoms with Crippen molar-refractivity contribution in [2.75, 3.05) is 21.3 Å². The van der Waals surface area contributed by atoms with Crippen molar-refractivity contribution in [2.24, 2.45) is 0 Å². The minimum absolute atomic E-state index is 0.0863. The van der Waals surface area contributed by atoms with Crippen LogP contribution in [0.5, 0.6) is 17.2 Å². The van der Waals surface area contributed by atoms with E-state index in [2.05, 4.69) is 15.9 Å². The Labute approximate surface area is 137 Å². The second kappa shape index (κ2) is 7.05. The molecule has 0 saturated carbocycles. The zero-order chi connectivity index (χ0) is 15.4. The molecule has 2 rings (SSSR count). The van der Waals surface area contributed by atoms with Gasteiger partial charge >= 0.3 is 0 Å². The van der Waals surface area contributed by atoms with Crippen LogP contribution >= 0.6 is 27.5 Å². The third kappa shape index (κ3) is 3.44. The molecule has 21 heavy (non-hydrogen) atoms. The first-order chi connectivity index (χ1) is 10.1. The maximum Gasteiger partial charge on any atom is 0.127 e. The molecule has 5 heteroatoms. The summed E-state index contributed by atoms with van der Waals surface area (Å²) in [5.41, 5.74) is 1.92. The van der Waals surface area contributed by atoms with E-state index < -0.39 is 0 Å². The summed E-state index contributed by atoms with van der Waals surface area (Å²) in [6, 6.07) is 11.3. The fourth-order valence-electron chi connectivity index (χ4n) is 2.04. The quantitative estimate of drug-likeness (QED) is 0.703. The van der Waals surface area contributed by atoms with Crippen LogP contribution in [0.2, 0.25) is 5.02 Å². The van der Waals surface area contributed by atoms with Gasteiger partial charge in [0.15, 0.2) is 0 Å². The van der Waals surface area contributed by atoms with Crippen LogP contribution in [0.1, 0.15) is 16.0 Å². The lowest BCUT2D eigenvalue weighted by Crippen LogP contribution is -1.99. The number of hydrogen-bond acceptors (Lipinski definition) is 3. The van der Waals surface area contributed by atoms with Crippen LogP contribution in [0, 0.1) is 0 Å². The normalized spacial score (nSPS) is 11.9. The van der Waals surface area contributed by atoms with Crippen LogP contribution in [0.25, 0.3) is 0 Å². The Morgan fingerprint density at radius 1 is 0.857 bits per heavy atom. The van der Waals surface area contributed by atoms with Gasteiger partial charge in [0, 0.05) is 16.7 Å². The van der Waals surface area contributed by atoms with Crippen molar-refractivity contribution in [3.63, 3.8) is 0 Å². The third-order valence-electron chi connectivity index (χ3n) is 3.19. The average molecular weight is 372 g/mol. The van der Waals surface area contributed by atoms with Gasteiger partial charge in [-0.3, -0.25) is 0 Å². The van der Waals surface area contributed by atoms with Crippen LogP contribution in [0.3, 0.4) is 0 Å². The highest BCUT2D eigenvalue weighted by atomic mass is 79.9. The van der Waals surface area contributed by atoms with Crippen LogP contribution in [0.15, 0.2) is 36.4 Å². The first kappa shape index (κ1) is 16.0. The number of halogens is 2. The van der Waals surface area contributed by atoms with Gasteiger partial charge in [-0.2, -0.15) is 0 Å². The molecule has 0 spiro atoms. The standard InChI is InChI=1S/C16H16BrClO3/c1-19-10-4-6-12(14(18)8-10)16(17)13-7-5-11(20-2)9-15(13)21-3/h4-9,16H,1-3H3. The smallest absolute Gasteiger partial charge is 0.127 e. The molecule has 1 unspecified atom stereocenters. The molecule has 0 bridgehead atoms. The van der Waals surface area contributed by atoms with E-state index in [1.807, 2.05) is 30.3 Å². The Morgan fingerprint density at radius 3 is 1.95 bits per heavy atom. The second-order valence-corrected chi connectivity index (χ2v) is 5.68. The number of methoxy groups -OCH3 is 3. The van der Waals surface area contributed by atoms with Gasteiger partial charge in [0.05, 0.1) is 26.2 Å². The molecule has 3 nitrogen and oxygen atoms in total. The lowest BCUT2D eigenvalue weighted by Gasteiger charge is -2.17. The molecule has 0 aliphatic heterocycles. The summed E-state index contributed by atoms with van der Waals surface area (Å²) in [4.78, 5) is -0.0863. The van der Waals surface area contributed by atoms with E-state index in [9.17, 15) is 0 Å². The Balaban J connectivity index is 2.42. The van der Waals surface area contributed by atoms with Crippen molar-refractivity contribution < 1.29 is 14.2 Å². The highest BCUT2D eigenvalue weighted by molar-refractivity contribution is 9.09. The molecule has 0 aliphatic rings. The second-order valence-electron chi connectivity index (χ2n) is 4.36. The lowest BCUT2D eigenvalue weighted by molar-refractivity contribution is 0.391. The zero-order valence-corrected chi connectivity index (χ0v) is 14.4. The van der Waals surface area contributed by atoms with Gasteiger partial charge in [0.1, 0.15) is 17.2 Å². The van der Waals surface area contributed by atoms with Gasteiger partial charge in [0.2, 0.25) is 0 Å². The number of benzene rings is 2. The summed E-state index contributed by atoms with van der Waals surface area (Å²) in [5.74, 6) is 2.21. The predicted octanol–water partition coefficient (Wildman–Crippen LogP) is 4.85. The van der Waals surface area contributed by atoms with Gasteiger partial charge < -0.3 is 14.2 Å². The van der Waals surface area contributed by atoms with Crippen molar-refractivity contribution >= 4 is 27.5 Å². The number of rotatable bonds is 5.